The summed E-state index contributed by atoms with van der Waals surface area (Å²) in [6, 6.07) is 13.7. The lowest BCUT2D eigenvalue weighted by molar-refractivity contribution is -0.115. The Morgan fingerprint density at radius 1 is 1.23 bits per heavy atom. The lowest BCUT2D eigenvalue weighted by atomic mass is 10.1. The van der Waals surface area contributed by atoms with Crippen molar-refractivity contribution in [3.8, 4) is 11.3 Å². The van der Waals surface area contributed by atoms with E-state index in [1.165, 1.54) is 11.3 Å². The van der Waals surface area contributed by atoms with Gasteiger partial charge < -0.3 is 9.84 Å². The van der Waals surface area contributed by atoms with Crippen LogP contribution >= 0.6 is 27.3 Å². The Bertz CT molecular complexity index is 1090. The van der Waals surface area contributed by atoms with Gasteiger partial charge in [0.05, 0.1) is 12.1 Å². The number of aryl methyl sites for hydroxylation is 1. The molecule has 26 heavy (non-hydrogen) atoms. The van der Waals surface area contributed by atoms with E-state index in [9.17, 15) is 4.79 Å². The van der Waals surface area contributed by atoms with Crippen LogP contribution in [0.15, 0.2) is 56.8 Å². The Morgan fingerprint density at radius 2 is 2.04 bits per heavy atom. The molecule has 0 fully saturated rings. The van der Waals surface area contributed by atoms with Gasteiger partial charge in [-0.2, -0.15) is 0 Å². The number of fused-ring (bicyclic) bond motifs is 1. The first kappa shape index (κ1) is 16.9. The second-order valence-corrected chi connectivity index (χ2v) is 7.67. The molecule has 0 aliphatic carbocycles. The van der Waals surface area contributed by atoms with Gasteiger partial charge >= 0.3 is 0 Å². The number of hydrogen-bond acceptors (Lipinski definition) is 5. The molecular weight excluding hydrogens is 414 g/mol. The highest BCUT2D eigenvalue weighted by atomic mass is 79.9. The van der Waals surface area contributed by atoms with E-state index in [0.29, 0.717) is 16.4 Å². The molecule has 0 saturated heterocycles. The first-order valence-electron chi connectivity index (χ1n) is 7.95. The number of carbonyl (C=O) groups is 1. The molecular formula is C19H14BrN3O2S. The molecule has 4 rings (SSSR count). The zero-order valence-electron chi connectivity index (χ0n) is 13.8. The Balaban J connectivity index is 1.48. The molecule has 0 spiro atoms. The van der Waals surface area contributed by atoms with Crippen molar-refractivity contribution in [2.45, 2.75) is 13.3 Å². The summed E-state index contributed by atoms with van der Waals surface area (Å²) in [5, 5.41) is 10.2. The van der Waals surface area contributed by atoms with Crippen LogP contribution in [0.3, 0.4) is 0 Å². The lowest BCUT2D eigenvalue weighted by Crippen LogP contribution is -2.14. The molecule has 0 atom stereocenters. The van der Waals surface area contributed by atoms with E-state index in [0.717, 1.165) is 26.7 Å². The summed E-state index contributed by atoms with van der Waals surface area (Å²) >= 11 is 4.81. The number of carbonyl (C=O) groups excluding carboxylic acids is 1. The molecule has 130 valence electrons. The fraction of sp³-hybridized carbons (Fsp3) is 0.105. The summed E-state index contributed by atoms with van der Waals surface area (Å²) in [5.74, 6) is -0.168. The third kappa shape index (κ3) is 3.54. The molecule has 7 heteroatoms. The predicted molar refractivity (Wildman–Crippen MR) is 106 cm³/mol. The monoisotopic (exact) mass is 427 g/mol. The van der Waals surface area contributed by atoms with Gasteiger partial charge in [0.15, 0.2) is 10.7 Å². The summed E-state index contributed by atoms with van der Waals surface area (Å²) in [4.78, 5) is 16.8. The highest BCUT2D eigenvalue weighted by Crippen LogP contribution is 2.26. The van der Waals surface area contributed by atoms with Crippen LogP contribution in [0.2, 0.25) is 0 Å². The molecule has 0 bridgehead atoms. The molecule has 1 N–H and O–H groups in total. The molecule has 2 aromatic heterocycles. The molecule has 2 aromatic carbocycles. The number of nitrogens with one attached hydrogen (secondary N) is 1. The Labute approximate surface area is 162 Å². The van der Waals surface area contributed by atoms with E-state index in [2.05, 4.69) is 31.4 Å². The van der Waals surface area contributed by atoms with Crippen LogP contribution in [0.4, 0.5) is 5.13 Å². The molecule has 2 heterocycles. The summed E-state index contributed by atoms with van der Waals surface area (Å²) < 4.78 is 6.29. The van der Waals surface area contributed by atoms with Gasteiger partial charge in [-0.3, -0.25) is 4.79 Å². The summed E-state index contributed by atoms with van der Waals surface area (Å²) in [7, 11) is 0. The van der Waals surface area contributed by atoms with Crippen molar-refractivity contribution >= 4 is 49.3 Å². The van der Waals surface area contributed by atoms with E-state index in [4.69, 9.17) is 4.52 Å². The van der Waals surface area contributed by atoms with Crippen LogP contribution in [0.25, 0.3) is 22.2 Å². The fourth-order valence-corrected chi connectivity index (χ4v) is 3.63. The van der Waals surface area contributed by atoms with Crippen LogP contribution in [-0.2, 0) is 11.2 Å². The van der Waals surface area contributed by atoms with Crippen LogP contribution < -0.4 is 5.32 Å². The number of halogens is 1. The van der Waals surface area contributed by atoms with E-state index in [1.807, 2.05) is 54.8 Å². The smallest absolute Gasteiger partial charge is 0.232 e. The van der Waals surface area contributed by atoms with Crippen molar-refractivity contribution in [1.82, 2.24) is 10.1 Å². The van der Waals surface area contributed by atoms with Crippen molar-refractivity contribution in [3.05, 3.63) is 63.6 Å². The number of amides is 1. The van der Waals surface area contributed by atoms with Crippen LogP contribution in [0.5, 0.6) is 0 Å². The topological polar surface area (TPSA) is 68.0 Å². The van der Waals surface area contributed by atoms with Gasteiger partial charge in [0.2, 0.25) is 5.91 Å². The number of anilines is 1. The maximum absolute atomic E-state index is 12.4. The number of benzene rings is 2. The van der Waals surface area contributed by atoms with Crippen molar-refractivity contribution in [3.63, 3.8) is 0 Å². The third-order valence-electron chi connectivity index (χ3n) is 3.92. The largest absolute Gasteiger partial charge is 0.356 e. The Hall–Kier alpha value is -2.51. The van der Waals surface area contributed by atoms with Crippen molar-refractivity contribution in [1.29, 1.82) is 0 Å². The zero-order valence-corrected chi connectivity index (χ0v) is 16.2. The SMILES string of the molecule is Cc1ccc2onc(CC(=O)Nc3nc(-c4ccc(Br)cc4)cs3)c2c1. The Morgan fingerprint density at radius 3 is 2.85 bits per heavy atom. The normalized spacial score (nSPS) is 11.0. The predicted octanol–water partition coefficient (Wildman–Crippen LogP) is 5.20. The van der Waals surface area contributed by atoms with Gasteiger partial charge in [0, 0.05) is 20.8 Å². The van der Waals surface area contributed by atoms with Gasteiger partial charge in [-0.15, -0.1) is 11.3 Å². The average molecular weight is 428 g/mol. The molecule has 1 amide bonds. The average Bonchev–Trinajstić information content (AvgIpc) is 3.23. The van der Waals surface area contributed by atoms with Gasteiger partial charge in [0.1, 0.15) is 5.69 Å². The maximum atomic E-state index is 12.4. The molecule has 0 saturated carbocycles. The second-order valence-electron chi connectivity index (χ2n) is 5.90. The van der Waals surface area contributed by atoms with E-state index < -0.39 is 0 Å². The minimum atomic E-state index is -0.168. The molecule has 4 aromatic rings. The zero-order chi connectivity index (χ0) is 18.1. The number of aromatic nitrogens is 2. The lowest BCUT2D eigenvalue weighted by Gasteiger charge is -2.00. The Kier molecular flexibility index (Phi) is 4.57. The number of hydrogen-bond donors (Lipinski definition) is 1. The summed E-state index contributed by atoms with van der Waals surface area (Å²) in [5.41, 5.74) is 4.25. The van der Waals surface area contributed by atoms with Crippen LogP contribution in [-0.4, -0.2) is 16.0 Å². The van der Waals surface area contributed by atoms with Crippen molar-refractivity contribution in [2.75, 3.05) is 5.32 Å². The number of thiazole rings is 1. The molecule has 5 nitrogen and oxygen atoms in total. The molecule has 0 aliphatic heterocycles. The minimum absolute atomic E-state index is 0.143. The fourth-order valence-electron chi connectivity index (χ4n) is 2.63. The van der Waals surface area contributed by atoms with Crippen LogP contribution in [0.1, 0.15) is 11.3 Å². The first-order chi connectivity index (χ1) is 12.6. The summed E-state index contributed by atoms with van der Waals surface area (Å²) in [6.45, 7) is 2.00. The highest BCUT2D eigenvalue weighted by molar-refractivity contribution is 9.10. The van der Waals surface area contributed by atoms with E-state index >= 15 is 0 Å². The minimum Gasteiger partial charge on any atom is -0.356 e. The van der Waals surface area contributed by atoms with Gasteiger partial charge in [0.25, 0.3) is 0 Å². The van der Waals surface area contributed by atoms with Crippen molar-refractivity contribution < 1.29 is 9.32 Å². The highest BCUT2D eigenvalue weighted by Gasteiger charge is 2.14. The number of nitrogens with zero attached hydrogens (tertiary/aromatic N) is 2. The first-order valence-corrected chi connectivity index (χ1v) is 9.62. The second kappa shape index (κ2) is 7.01. The van der Waals surface area contributed by atoms with E-state index in [1.54, 1.807) is 0 Å². The van der Waals surface area contributed by atoms with Gasteiger partial charge in [-0.05, 0) is 31.2 Å². The quantitative estimate of drug-likeness (QED) is 0.485. The van der Waals surface area contributed by atoms with Crippen LogP contribution in [0, 0.1) is 6.92 Å². The molecule has 0 aliphatic rings. The van der Waals surface area contributed by atoms with Gasteiger partial charge in [-0.25, -0.2) is 4.98 Å². The standard InChI is InChI=1S/C19H14BrN3O2S/c1-11-2-7-17-14(8-11)15(23-25-17)9-18(24)22-19-21-16(10-26-19)12-3-5-13(20)6-4-12/h2-8,10H,9H2,1H3,(H,21,22,24). The third-order valence-corrected chi connectivity index (χ3v) is 5.21. The number of rotatable bonds is 4. The van der Waals surface area contributed by atoms with E-state index in [-0.39, 0.29) is 12.3 Å². The van der Waals surface area contributed by atoms with Crippen molar-refractivity contribution in [2.24, 2.45) is 0 Å². The molecule has 0 unspecified atom stereocenters. The van der Waals surface area contributed by atoms with Gasteiger partial charge in [-0.1, -0.05) is 44.8 Å². The maximum Gasteiger partial charge on any atom is 0.232 e. The summed E-state index contributed by atoms with van der Waals surface area (Å²) in [6.07, 6.45) is 0.143. The molecule has 0 radical (unpaired) electrons.